The van der Waals surface area contributed by atoms with Crippen LogP contribution >= 0.6 is 11.8 Å². The van der Waals surface area contributed by atoms with Crippen molar-refractivity contribution in [2.24, 2.45) is 0 Å². The van der Waals surface area contributed by atoms with Crippen molar-refractivity contribution in [1.82, 2.24) is 4.90 Å². The number of allylic oxidation sites excluding steroid dienone is 1. The average molecular weight is 266 g/mol. The quantitative estimate of drug-likeness (QED) is 0.844. The number of fused-ring (bicyclic) bond motifs is 3. The van der Waals surface area contributed by atoms with Crippen LogP contribution in [0.2, 0.25) is 0 Å². The second-order valence-electron chi connectivity index (χ2n) is 4.11. The van der Waals surface area contributed by atoms with Gasteiger partial charge in [-0.15, -0.1) is 0 Å². The molecule has 98 valence electrons. The number of benzene rings is 1. The molecule has 0 saturated carbocycles. The van der Waals surface area contributed by atoms with E-state index in [9.17, 15) is 5.11 Å². The van der Waals surface area contributed by atoms with Crippen LogP contribution in [-0.4, -0.2) is 36.5 Å². The van der Waals surface area contributed by atoms with Crippen LogP contribution in [0.5, 0.6) is 0 Å². The summed E-state index contributed by atoms with van der Waals surface area (Å²) in [5, 5.41) is 9.31. The summed E-state index contributed by atoms with van der Waals surface area (Å²) in [6, 6.07) is 8.34. The van der Waals surface area contributed by atoms with Crippen molar-refractivity contribution in [1.29, 1.82) is 0 Å². The van der Waals surface area contributed by atoms with Gasteiger partial charge in [-0.1, -0.05) is 23.9 Å². The molecule has 3 rings (SSSR count). The van der Waals surface area contributed by atoms with Crippen LogP contribution in [0.25, 0.3) is 0 Å². The molecule has 2 heterocycles. The van der Waals surface area contributed by atoms with Gasteiger partial charge in [0.1, 0.15) is 6.73 Å². The molecule has 1 aromatic rings. The first-order valence-corrected chi connectivity index (χ1v) is 6.61. The topological polar surface area (TPSA) is 35.9 Å². The Morgan fingerprint density at radius 1 is 1.33 bits per heavy atom. The Labute approximate surface area is 112 Å². The lowest BCUT2D eigenvalue weighted by Gasteiger charge is -2.25. The van der Waals surface area contributed by atoms with E-state index in [-0.39, 0.29) is 12.2 Å². The van der Waals surface area contributed by atoms with Crippen molar-refractivity contribution < 1.29 is 9.84 Å². The first-order valence-electron chi connectivity index (χ1n) is 5.73. The minimum atomic E-state index is 0.0739. The van der Waals surface area contributed by atoms with Gasteiger partial charge in [0, 0.05) is 31.0 Å². The number of hydrogen-bond donors (Lipinski definition) is 1. The molecule has 2 aliphatic heterocycles. The van der Waals surface area contributed by atoms with Crippen molar-refractivity contribution in [3.63, 3.8) is 0 Å². The lowest BCUT2D eigenvalue weighted by atomic mass is 10.3. The molecule has 18 heavy (non-hydrogen) atoms. The zero-order valence-electron chi connectivity index (χ0n) is 10.8. The molecule has 0 aromatic heterocycles. The number of thioether (sulfide) groups is 1. The van der Waals surface area contributed by atoms with Gasteiger partial charge in [-0.2, -0.15) is 0 Å². The van der Waals surface area contributed by atoms with Crippen molar-refractivity contribution in [2.45, 2.75) is 17.3 Å². The van der Waals surface area contributed by atoms with Gasteiger partial charge >= 0.3 is 0 Å². The van der Waals surface area contributed by atoms with E-state index in [1.807, 2.05) is 24.0 Å². The average Bonchev–Trinajstić information content (AvgIpc) is 2.84. The summed E-state index contributed by atoms with van der Waals surface area (Å²) < 4.78 is 4.25. The maximum atomic E-state index is 9.31. The summed E-state index contributed by atoms with van der Waals surface area (Å²) in [5.41, 5.74) is 2.56. The maximum absolute atomic E-state index is 9.31. The normalized spacial score (nSPS) is 20.0. The van der Waals surface area contributed by atoms with E-state index in [0.29, 0.717) is 0 Å². The highest BCUT2D eigenvalue weighted by atomic mass is 32.2. The largest absolute Gasteiger partial charge is 0.388 e. The third-order valence-corrected chi connectivity index (χ3v) is 4.10. The first-order chi connectivity index (χ1) is 8.72. The number of hydrogen-bond acceptors (Lipinski definition) is 5. The fraction of sp³-hybridized carbons (Fsp3) is 0.385. The molecule has 5 heteroatoms. The van der Waals surface area contributed by atoms with Crippen LogP contribution in [0.4, 0.5) is 5.69 Å². The Morgan fingerprint density at radius 3 is 2.67 bits per heavy atom. The molecule has 0 fully saturated rings. The van der Waals surface area contributed by atoms with Crippen LogP contribution in [-0.2, 0) is 4.74 Å². The lowest BCUT2D eigenvalue weighted by molar-refractivity contribution is 0.141. The van der Waals surface area contributed by atoms with E-state index in [2.05, 4.69) is 28.0 Å². The van der Waals surface area contributed by atoms with Gasteiger partial charge in [0.25, 0.3) is 0 Å². The lowest BCUT2D eigenvalue weighted by Crippen LogP contribution is -2.34. The maximum Gasteiger partial charge on any atom is 0.160 e. The summed E-state index contributed by atoms with van der Waals surface area (Å²) >= 11 is 1.78. The van der Waals surface area contributed by atoms with E-state index in [1.165, 1.54) is 10.6 Å². The summed E-state index contributed by atoms with van der Waals surface area (Å²) in [5.74, 6) is 0. The number of rotatable bonds is 1. The SMILES string of the molecule is CC1=CN2c3ccccc3SC2N1CO.COC. The van der Waals surface area contributed by atoms with E-state index in [4.69, 9.17) is 0 Å². The molecular formula is C13H18N2O2S. The van der Waals surface area contributed by atoms with Gasteiger partial charge < -0.3 is 19.6 Å². The Balaban J connectivity index is 0.000000367. The van der Waals surface area contributed by atoms with E-state index < -0.39 is 0 Å². The van der Waals surface area contributed by atoms with Gasteiger partial charge in [0.05, 0.1) is 5.69 Å². The molecule has 0 bridgehead atoms. The Hall–Kier alpha value is -1.17. The minimum Gasteiger partial charge on any atom is -0.388 e. The second kappa shape index (κ2) is 5.65. The second-order valence-corrected chi connectivity index (χ2v) is 5.21. The molecule has 4 nitrogen and oxygen atoms in total. The molecule has 1 aromatic carbocycles. The molecule has 0 aliphatic carbocycles. The van der Waals surface area contributed by atoms with Crippen LogP contribution < -0.4 is 4.90 Å². The molecule has 0 spiro atoms. The number of aliphatic hydroxyl groups excluding tert-OH is 1. The van der Waals surface area contributed by atoms with Crippen molar-refractivity contribution in [3.05, 3.63) is 36.2 Å². The number of anilines is 1. The van der Waals surface area contributed by atoms with Crippen LogP contribution in [0, 0.1) is 0 Å². The summed E-state index contributed by atoms with van der Waals surface area (Å²) in [6.07, 6.45) is 2.10. The smallest absolute Gasteiger partial charge is 0.160 e. The first kappa shape index (κ1) is 13.3. The minimum absolute atomic E-state index is 0.0739. The summed E-state index contributed by atoms with van der Waals surface area (Å²) in [7, 11) is 3.25. The number of ether oxygens (including phenoxy) is 1. The van der Waals surface area contributed by atoms with Crippen molar-refractivity contribution in [3.8, 4) is 0 Å². The van der Waals surface area contributed by atoms with Crippen molar-refractivity contribution in [2.75, 3.05) is 25.9 Å². The number of nitrogens with zero attached hydrogens (tertiary/aromatic N) is 2. The highest BCUT2D eigenvalue weighted by Gasteiger charge is 2.37. The Kier molecular flexibility index (Phi) is 4.16. The van der Waals surface area contributed by atoms with Crippen LogP contribution in [0.3, 0.4) is 0 Å². The predicted molar refractivity (Wildman–Crippen MR) is 74.2 cm³/mol. The van der Waals surface area contributed by atoms with E-state index in [1.54, 1.807) is 26.0 Å². The van der Waals surface area contributed by atoms with Gasteiger partial charge in [-0.05, 0) is 19.1 Å². The summed E-state index contributed by atoms with van der Waals surface area (Å²) in [6.45, 7) is 2.10. The molecule has 0 amide bonds. The molecule has 2 aliphatic rings. The van der Waals surface area contributed by atoms with Gasteiger partial charge in [0.2, 0.25) is 0 Å². The van der Waals surface area contributed by atoms with Gasteiger partial charge in [-0.25, -0.2) is 0 Å². The molecule has 1 N–H and O–H groups in total. The zero-order chi connectivity index (χ0) is 13.1. The van der Waals surface area contributed by atoms with Gasteiger partial charge in [0.15, 0.2) is 5.50 Å². The fourth-order valence-corrected chi connectivity index (χ4v) is 3.36. The van der Waals surface area contributed by atoms with Crippen LogP contribution in [0.1, 0.15) is 6.92 Å². The Morgan fingerprint density at radius 2 is 2.00 bits per heavy atom. The van der Waals surface area contributed by atoms with Crippen molar-refractivity contribution >= 4 is 17.4 Å². The Bertz CT molecular complexity index is 450. The molecular weight excluding hydrogens is 248 g/mol. The molecule has 0 radical (unpaired) electrons. The van der Waals surface area contributed by atoms with Crippen LogP contribution in [0.15, 0.2) is 41.1 Å². The standard InChI is InChI=1S/C11H12N2OS.C2H6O/c1-8-6-12-9-4-2-3-5-10(9)15-11(12)13(8)7-14;1-3-2/h2-6,11,14H,7H2,1H3;1-2H3. The fourth-order valence-electron chi connectivity index (χ4n) is 2.04. The number of aliphatic hydroxyl groups is 1. The third kappa shape index (κ3) is 2.21. The zero-order valence-corrected chi connectivity index (χ0v) is 11.6. The molecule has 1 atom stereocenters. The molecule has 0 saturated heterocycles. The van der Waals surface area contributed by atoms with E-state index in [0.717, 1.165) is 5.70 Å². The van der Waals surface area contributed by atoms with E-state index >= 15 is 0 Å². The number of methoxy groups -OCH3 is 1. The highest BCUT2D eigenvalue weighted by molar-refractivity contribution is 8.00. The summed E-state index contributed by atoms with van der Waals surface area (Å²) in [4.78, 5) is 5.49. The molecule has 1 unspecified atom stereocenters. The monoisotopic (exact) mass is 266 g/mol. The predicted octanol–water partition coefficient (Wildman–Crippen LogP) is 2.27. The highest BCUT2D eigenvalue weighted by Crippen LogP contribution is 2.48. The number of para-hydroxylation sites is 1. The van der Waals surface area contributed by atoms with Gasteiger partial charge in [-0.3, -0.25) is 0 Å². The third-order valence-electron chi connectivity index (χ3n) is 2.81.